The van der Waals surface area contributed by atoms with Crippen molar-refractivity contribution in [2.75, 3.05) is 41.7 Å². The molecule has 4 aliphatic rings. The fourth-order valence-electron chi connectivity index (χ4n) is 7.18. The number of fused-ring (bicyclic) bond motifs is 4. The van der Waals surface area contributed by atoms with E-state index in [4.69, 9.17) is 38.4 Å². The van der Waals surface area contributed by atoms with Crippen molar-refractivity contribution in [3.63, 3.8) is 0 Å². The van der Waals surface area contributed by atoms with E-state index in [0.717, 1.165) is 33.8 Å². The monoisotopic (exact) mass is 740 g/mol. The fourth-order valence-corrected chi connectivity index (χ4v) is 7.18. The van der Waals surface area contributed by atoms with Gasteiger partial charge in [0.05, 0.1) is 76.2 Å². The van der Waals surface area contributed by atoms with E-state index in [2.05, 4.69) is 0 Å². The smallest absolute Gasteiger partial charge is 0.260 e. The number of ether oxygens (including phenoxy) is 6. The summed E-state index contributed by atoms with van der Waals surface area (Å²) in [4.78, 5) is 40.3. The summed E-state index contributed by atoms with van der Waals surface area (Å²) in [6.07, 6.45) is 9.24. The highest BCUT2D eigenvalue weighted by Gasteiger charge is 2.35. The molecule has 0 radical (unpaired) electrons. The van der Waals surface area contributed by atoms with Crippen molar-refractivity contribution < 1.29 is 38.0 Å². The molecule has 4 aromatic carbocycles. The molecule has 0 unspecified atom stereocenters. The van der Waals surface area contributed by atoms with Gasteiger partial charge in [-0.15, -0.1) is 0 Å². The molecule has 2 atom stereocenters. The molecule has 0 spiro atoms. The normalized spacial score (nSPS) is 18.0. The summed E-state index contributed by atoms with van der Waals surface area (Å²) >= 11 is 0. The van der Waals surface area contributed by atoms with Gasteiger partial charge in [-0.1, -0.05) is 24.3 Å². The van der Waals surface area contributed by atoms with Gasteiger partial charge in [0.15, 0.2) is 23.0 Å². The maximum Gasteiger partial charge on any atom is 0.260 e. The van der Waals surface area contributed by atoms with Gasteiger partial charge in [-0.3, -0.25) is 19.6 Å². The van der Waals surface area contributed by atoms with Crippen LogP contribution in [-0.2, 0) is 0 Å². The average molecular weight is 741 g/mol. The van der Waals surface area contributed by atoms with Gasteiger partial charge in [0.1, 0.15) is 11.5 Å². The number of carbonyl (C=O) groups excluding carboxylic acids is 2. The third-order valence-corrected chi connectivity index (χ3v) is 10.2. The molecule has 0 saturated carbocycles. The molecule has 0 aliphatic carbocycles. The minimum absolute atomic E-state index is 0.157. The molecule has 0 N–H and O–H groups in total. The van der Waals surface area contributed by atoms with E-state index in [1.807, 2.05) is 73.4 Å². The van der Waals surface area contributed by atoms with Gasteiger partial charge in [-0.2, -0.15) is 0 Å². The molecule has 8 rings (SSSR count). The fraction of sp³-hybridized carbons (Fsp3) is 0.256. The van der Waals surface area contributed by atoms with E-state index in [1.54, 1.807) is 62.5 Å². The summed E-state index contributed by atoms with van der Waals surface area (Å²) in [6.45, 7) is 0.609. The highest BCUT2D eigenvalue weighted by atomic mass is 16.5. The molecule has 0 aromatic heterocycles. The number of nitrogens with zero attached hydrogens (tertiary/aromatic N) is 4. The first kappa shape index (κ1) is 35.5. The molecule has 4 aliphatic heterocycles. The van der Waals surface area contributed by atoms with Crippen molar-refractivity contribution in [1.29, 1.82) is 0 Å². The summed E-state index contributed by atoms with van der Waals surface area (Å²) in [7, 11) is 6.36. The molecular formula is C43H40N4O8. The Labute approximate surface area is 318 Å². The lowest BCUT2D eigenvalue weighted by atomic mass is 10.0. The Bertz CT molecular complexity index is 2100. The van der Waals surface area contributed by atoms with Gasteiger partial charge in [-0.25, -0.2) is 0 Å². The highest BCUT2D eigenvalue weighted by molar-refractivity contribution is 6.06. The first-order valence-electron chi connectivity index (χ1n) is 18.0. The topological polar surface area (TPSA) is 121 Å². The van der Waals surface area contributed by atoms with Crippen LogP contribution < -0.4 is 28.4 Å². The molecule has 55 heavy (non-hydrogen) atoms. The third kappa shape index (κ3) is 6.87. The summed E-state index contributed by atoms with van der Waals surface area (Å²) in [5.41, 5.74) is 6.06. The molecule has 4 aromatic rings. The molecule has 12 heteroatoms. The predicted molar refractivity (Wildman–Crippen MR) is 209 cm³/mol. The molecule has 280 valence electrons. The number of carbonyl (C=O) groups is 2. The largest absolute Gasteiger partial charge is 0.497 e. The van der Waals surface area contributed by atoms with Crippen LogP contribution in [0.2, 0.25) is 0 Å². The second kappa shape index (κ2) is 15.1. The molecule has 0 bridgehead atoms. The van der Waals surface area contributed by atoms with Gasteiger partial charge in [0, 0.05) is 56.2 Å². The van der Waals surface area contributed by atoms with E-state index < -0.39 is 0 Å². The quantitative estimate of drug-likeness (QED) is 0.137. The minimum Gasteiger partial charge on any atom is -0.497 e. The van der Waals surface area contributed by atoms with E-state index in [9.17, 15) is 9.59 Å². The van der Waals surface area contributed by atoms with Crippen LogP contribution in [0.1, 0.15) is 51.1 Å². The highest BCUT2D eigenvalue weighted by Crippen LogP contribution is 2.42. The van der Waals surface area contributed by atoms with Gasteiger partial charge < -0.3 is 38.2 Å². The van der Waals surface area contributed by atoms with Crippen molar-refractivity contribution in [1.82, 2.24) is 9.80 Å². The zero-order valence-electron chi connectivity index (χ0n) is 31.0. The number of methoxy groups -OCH3 is 4. The maximum absolute atomic E-state index is 13.7. The van der Waals surface area contributed by atoms with Crippen LogP contribution >= 0.6 is 0 Å². The van der Waals surface area contributed by atoms with Gasteiger partial charge in [0.25, 0.3) is 11.8 Å². The van der Waals surface area contributed by atoms with Crippen molar-refractivity contribution in [2.45, 2.75) is 31.3 Å². The van der Waals surface area contributed by atoms with E-state index >= 15 is 0 Å². The summed E-state index contributed by atoms with van der Waals surface area (Å²) < 4.78 is 34.1. The Kier molecular flexibility index (Phi) is 9.71. The number of rotatable bonds is 12. The minimum atomic E-state index is -0.203. The molecular weight excluding hydrogens is 700 g/mol. The Morgan fingerprint density at radius 1 is 0.564 bits per heavy atom. The zero-order chi connectivity index (χ0) is 38.1. The first-order valence-corrected chi connectivity index (χ1v) is 18.0. The van der Waals surface area contributed by atoms with Crippen molar-refractivity contribution in [3.8, 4) is 34.5 Å². The zero-order valence-corrected chi connectivity index (χ0v) is 31.0. The standard InChI is InChI=1S/C43H40N4O8/c1-50-32-10-6-26(7-11-32)28-16-30-22-44-36-20-40(38(52-3)18-34(36)42(48)46(30)24-28)54-14-5-15-55-41-21-37-35(19-39(41)53-4)43(49)47-25-29(17-31(47)23-45-37)27-8-12-33(51-2)13-9-27/h6-13,18-25,30-31H,5,14-17H2,1-4H3/t30-,31-/m0/s1. The molecule has 0 fully saturated rings. The van der Waals surface area contributed by atoms with Crippen LogP contribution in [0.5, 0.6) is 34.5 Å². The number of amides is 2. The van der Waals surface area contributed by atoms with Crippen LogP contribution in [-0.4, -0.2) is 87.8 Å². The number of hydrogen-bond acceptors (Lipinski definition) is 10. The van der Waals surface area contributed by atoms with Gasteiger partial charge >= 0.3 is 0 Å². The third-order valence-electron chi connectivity index (χ3n) is 10.2. The Hall–Kier alpha value is -6.56. The molecule has 2 amide bonds. The van der Waals surface area contributed by atoms with Crippen LogP contribution in [0, 0.1) is 0 Å². The van der Waals surface area contributed by atoms with Crippen LogP contribution in [0.3, 0.4) is 0 Å². The second-order valence-electron chi connectivity index (χ2n) is 13.4. The lowest BCUT2D eigenvalue weighted by Gasteiger charge is -2.19. The van der Waals surface area contributed by atoms with Crippen LogP contribution in [0.25, 0.3) is 11.1 Å². The Balaban J connectivity index is 0.906. The lowest BCUT2D eigenvalue weighted by Crippen LogP contribution is -2.32. The van der Waals surface area contributed by atoms with E-state index in [1.165, 1.54) is 0 Å². The Morgan fingerprint density at radius 3 is 1.36 bits per heavy atom. The number of benzene rings is 4. The van der Waals surface area contributed by atoms with Gasteiger partial charge in [0.2, 0.25) is 0 Å². The second-order valence-corrected chi connectivity index (χ2v) is 13.4. The van der Waals surface area contributed by atoms with Crippen LogP contribution in [0.4, 0.5) is 11.4 Å². The number of hydrogen-bond donors (Lipinski definition) is 0. The van der Waals surface area contributed by atoms with Crippen molar-refractivity contribution >= 4 is 46.8 Å². The first-order chi connectivity index (χ1) is 26.9. The van der Waals surface area contributed by atoms with Crippen molar-refractivity contribution in [3.05, 3.63) is 107 Å². The molecule has 12 nitrogen and oxygen atoms in total. The summed E-state index contributed by atoms with van der Waals surface area (Å²) in [5.74, 6) is 3.05. The van der Waals surface area contributed by atoms with Crippen molar-refractivity contribution in [2.24, 2.45) is 9.98 Å². The SMILES string of the molecule is COc1ccc(C2=CN3C(=O)c4cc(OC)c(OCCCOc5cc6c(cc5OC)C(=O)N5C=C(c7ccc(OC)cc7)C[C@H]5C=N6)cc4N=C[C@@H]3C2)cc1. The molecule has 0 saturated heterocycles. The van der Waals surface area contributed by atoms with Gasteiger partial charge in [-0.05, 0) is 58.7 Å². The summed E-state index contributed by atoms with van der Waals surface area (Å²) in [6, 6.07) is 22.1. The predicted octanol–water partition coefficient (Wildman–Crippen LogP) is 7.51. The average Bonchev–Trinajstić information content (AvgIpc) is 3.80. The maximum atomic E-state index is 13.7. The lowest BCUT2D eigenvalue weighted by molar-refractivity contribution is 0.0809. The summed E-state index contributed by atoms with van der Waals surface area (Å²) in [5, 5.41) is 0. The Morgan fingerprint density at radius 2 is 0.982 bits per heavy atom. The number of aliphatic imine (C=N–C) groups is 2. The molecule has 4 heterocycles. The van der Waals surface area contributed by atoms with E-state index in [-0.39, 0.29) is 23.9 Å². The van der Waals surface area contributed by atoms with Crippen LogP contribution in [0.15, 0.2) is 95.2 Å². The van der Waals surface area contributed by atoms with E-state index in [0.29, 0.717) is 78.0 Å².